The Bertz CT molecular complexity index is 214. The van der Waals surface area contributed by atoms with Crippen molar-refractivity contribution in [3.05, 3.63) is 18.6 Å². The third-order valence-corrected chi connectivity index (χ3v) is 0.958. The highest BCUT2D eigenvalue weighted by Crippen LogP contribution is 2.10. The predicted octanol–water partition coefficient (Wildman–Crippen LogP) is 1.81. The molecule has 0 fully saturated rings. The van der Waals surface area contributed by atoms with E-state index in [4.69, 9.17) is 0 Å². The highest BCUT2D eigenvalue weighted by Gasteiger charge is 2.04. The Hall–Kier alpha value is -1.45. The van der Waals surface area contributed by atoms with Crippen molar-refractivity contribution in [2.45, 2.75) is 6.92 Å². The first-order chi connectivity index (χ1) is 5.33. The third kappa shape index (κ3) is 2.33. The summed E-state index contributed by atoms with van der Waals surface area (Å²) >= 11 is 0. The summed E-state index contributed by atoms with van der Waals surface area (Å²) in [6.07, 6.45) is 2.01. The van der Waals surface area contributed by atoms with Gasteiger partial charge in [-0.05, 0) is 6.92 Å². The fourth-order valence-electron chi connectivity index (χ4n) is 0.554. The zero-order valence-electron chi connectivity index (χ0n) is 6.07. The van der Waals surface area contributed by atoms with Crippen LogP contribution >= 0.6 is 0 Å². The van der Waals surface area contributed by atoms with Crippen LogP contribution in [0.5, 0.6) is 5.75 Å². The number of hydrogen-bond acceptors (Lipinski definition) is 4. The fraction of sp³-hybridized carbons (Fsp3) is 0.286. The Kier molecular flexibility index (Phi) is 2.54. The van der Waals surface area contributed by atoms with Crippen LogP contribution in [-0.4, -0.2) is 12.8 Å². The van der Waals surface area contributed by atoms with E-state index in [9.17, 15) is 4.79 Å². The zero-order chi connectivity index (χ0) is 8.10. The van der Waals surface area contributed by atoms with Gasteiger partial charge in [-0.3, -0.25) is 0 Å². The molecule has 0 amide bonds. The van der Waals surface area contributed by atoms with Gasteiger partial charge in [-0.25, -0.2) is 4.79 Å². The first kappa shape index (κ1) is 7.65. The van der Waals surface area contributed by atoms with E-state index in [1.807, 2.05) is 0 Å². The molecule has 0 aromatic carbocycles. The van der Waals surface area contributed by atoms with E-state index >= 15 is 0 Å². The molecule has 0 aliphatic heterocycles. The Morgan fingerprint density at radius 3 is 3.09 bits per heavy atom. The Balaban J connectivity index is 2.37. The average Bonchev–Trinajstić information content (AvgIpc) is 2.40. The van der Waals surface area contributed by atoms with Gasteiger partial charge in [-0.2, -0.15) is 0 Å². The molecule has 1 heterocycles. The van der Waals surface area contributed by atoms with Gasteiger partial charge in [-0.1, -0.05) is 0 Å². The molecule has 0 N–H and O–H groups in total. The molecule has 11 heavy (non-hydrogen) atoms. The van der Waals surface area contributed by atoms with Gasteiger partial charge in [-0.15, -0.1) is 0 Å². The molecule has 0 aliphatic rings. The summed E-state index contributed by atoms with van der Waals surface area (Å²) in [4.78, 5) is 10.6. The molecule has 0 saturated heterocycles. The summed E-state index contributed by atoms with van der Waals surface area (Å²) < 4.78 is 13.8. The van der Waals surface area contributed by atoms with Crippen LogP contribution in [0, 0.1) is 0 Å². The molecular weight excluding hydrogens is 148 g/mol. The van der Waals surface area contributed by atoms with Gasteiger partial charge in [0.15, 0.2) is 5.75 Å². The van der Waals surface area contributed by atoms with Gasteiger partial charge in [0, 0.05) is 6.07 Å². The molecule has 4 nitrogen and oxygen atoms in total. The number of hydrogen-bond donors (Lipinski definition) is 0. The van der Waals surface area contributed by atoms with E-state index in [2.05, 4.69) is 13.9 Å². The molecule has 0 bridgehead atoms. The van der Waals surface area contributed by atoms with E-state index < -0.39 is 6.16 Å². The van der Waals surface area contributed by atoms with Gasteiger partial charge in [0.25, 0.3) is 0 Å². The van der Waals surface area contributed by atoms with Crippen LogP contribution < -0.4 is 4.74 Å². The van der Waals surface area contributed by atoms with E-state index in [0.29, 0.717) is 12.4 Å². The summed E-state index contributed by atoms with van der Waals surface area (Å²) in [5, 5.41) is 0. The van der Waals surface area contributed by atoms with Crippen molar-refractivity contribution in [3.63, 3.8) is 0 Å². The van der Waals surface area contributed by atoms with Gasteiger partial charge in [0.2, 0.25) is 0 Å². The van der Waals surface area contributed by atoms with Crippen molar-refractivity contribution < 1.29 is 18.7 Å². The largest absolute Gasteiger partial charge is 0.513 e. The van der Waals surface area contributed by atoms with Crippen molar-refractivity contribution in [3.8, 4) is 5.75 Å². The van der Waals surface area contributed by atoms with Crippen molar-refractivity contribution in [2.75, 3.05) is 6.61 Å². The van der Waals surface area contributed by atoms with Crippen molar-refractivity contribution in [2.24, 2.45) is 0 Å². The average molecular weight is 156 g/mol. The Morgan fingerprint density at radius 1 is 1.73 bits per heavy atom. The maximum absolute atomic E-state index is 10.6. The minimum atomic E-state index is -0.714. The normalized spacial score (nSPS) is 9.18. The molecule has 60 valence electrons. The first-order valence-electron chi connectivity index (χ1n) is 3.19. The zero-order valence-corrected chi connectivity index (χ0v) is 6.07. The molecule has 0 unspecified atom stereocenters. The van der Waals surface area contributed by atoms with Gasteiger partial charge in [0.05, 0.1) is 12.9 Å². The number of furan rings is 1. The topological polar surface area (TPSA) is 48.7 Å². The minimum absolute atomic E-state index is 0.302. The van der Waals surface area contributed by atoms with Gasteiger partial charge in [0.1, 0.15) is 6.26 Å². The molecule has 0 radical (unpaired) electrons. The first-order valence-corrected chi connectivity index (χ1v) is 3.19. The van der Waals surface area contributed by atoms with Crippen LogP contribution in [0.3, 0.4) is 0 Å². The van der Waals surface area contributed by atoms with E-state index in [1.165, 1.54) is 18.6 Å². The van der Waals surface area contributed by atoms with Crippen molar-refractivity contribution in [1.29, 1.82) is 0 Å². The molecule has 1 rings (SSSR count). The van der Waals surface area contributed by atoms with Crippen LogP contribution in [0.4, 0.5) is 4.79 Å². The lowest BCUT2D eigenvalue weighted by Crippen LogP contribution is -2.09. The molecule has 0 aliphatic carbocycles. The lowest BCUT2D eigenvalue weighted by Gasteiger charge is -1.98. The predicted molar refractivity (Wildman–Crippen MR) is 36.4 cm³/mol. The quantitative estimate of drug-likeness (QED) is 0.612. The number of ether oxygens (including phenoxy) is 2. The molecule has 0 spiro atoms. The van der Waals surface area contributed by atoms with Gasteiger partial charge >= 0.3 is 6.16 Å². The van der Waals surface area contributed by atoms with Crippen LogP contribution in [-0.2, 0) is 4.74 Å². The molecule has 1 aromatic heterocycles. The van der Waals surface area contributed by atoms with Crippen LogP contribution in [0.2, 0.25) is 0 Å². The third-order valence-electron chi connectivity index (χ3n) is 0.958. The number of rotatable bonds is 2. The van der Waals surface area contributed by atoms with Crippen LogP contribution in [0.15, 0.2) is 23.0 Å². The summed E-state index contributed by atoms with van der Waals surface area (Å²) in [5.41, 5.74) is 0. The molecule has 1 aromatic rings. The second kappa shape index (κ2) is 3.65. The maximum atomic E-state index is 10.6. The Morgan fingerprint density at radius 2 is 2.55 bits per heavy atom. The summed E-state index contributed by atoms with van der Waals surface area (Å²) in [5.74, 6) is 0.350. The lowest BCUT2D eigenvalue weighted by atomic mass is 10.6. The molecule has 0 atom stereocenters. The monoisotopic (exact) mass is 156 g/mol. The van der Waals surface area contributed by atoms with Crippen LogP contribution in [0.25, 0.3) is 0 Å². The standard InChI is InChI=1S/C7H8O4/c1-2-10-7(8)11-6-3-4-9-5-6/h3-5H,2H2,1H3. The lowest BCUT2D eigenvalue weighted by molar-refractivity contribution is 0.104. The summed E-state index contributed by atoms with van der Waals surface area (Å²) in [6, 6.07) is 1.52. The van der Waals surface area contributed by atoms with E-state index in [0.717, 1.165) is 0 Å². The second-order valence-electron chi connectivity index (χ2n) is 1.74. The highest BCUT2D eigenvalue weighted by atomic mass is 16.7. The number of carbonyl (C=O) groups excluding carboxylic acids is 1. The SMILES string of the molecule is CCOC(=O)Oc1ccoc1. The Labute approximate surface area is 63.7 Å². The van der Waals surface area contributed by atoms with E-state index in [-0.39, 0.29) is 0 Å². The highest BCUT2D eigenvalue weighted by molar-refractivity contribution is 5.63. The number of carbonyl (C=O) groups is 1. The summed E-state index contributed by atoms with van der Waals surface area (Å²) in [7, 11) is 0. The molecule has 0 saturated carbocycles. The molecular formula is C7H8O4. The second-order valence-corrected chi connectivity index (χ2v) is 1.74. The van der Waals surface area contributed by atoms with Crippen LogP contribution in [0.1, 0.15) is 6.92 Å². The van der Waals surface area contributed by atoms with Gasteiger partial charge < -0.3 is 13.9 Å². The smallest absolute Gasteiger partial charge is 0.469 e. The van der Waals surface area contributed by atoms with Crippen molar-refractivity contribution >= 4 is 6.16 Å². The van der Waals surface area contributed by atoms with Crippen molar-refractivity contribution in [1.82, 2.24) is 0 Å². The molecule has 4 heteroatoms. The van der Waals surface area contributed by atoms with E-state index in [1.54, 1.807) is 6.92 Å². The minimum Gasteiger partial charge on any atom is -0.469 e. The fourth-order valence-corrected chi connectivity index (χ4v) is 0.554. The maximum Gasteiger partial charge on any atom is 0.513 e. The summed E-state index contributed by atoms with van der Waals surface area (Å²) in [6.45, 7) is 2.01.